The van der Waals surface area contributed by atoms with E-state index in [1.54, 1.807) is 0 Å². The zero-order valence-electron chi connectivity index (χ0n) is 11.0. The van der Waals surface area contributed by atoms with Crippen LogP contribution in [0, 0.1) is 0 Å². The fourth-order valence-electron chi connectivity index (χ4n) is 1.67. The van der Waals surface area contributed by atoms with Crippen LogP contribution < -0.4 is 5.32 Å². The summed E-state index contributed by atoms with van der Waals surface area (Å²) in [6.45, 7) is 6.03. The predicted molar refractivity (Wildman–Crippen MR) is 69.0 cm³/mol. The molecule has 0 aliphatic heterocycles. The maximum Gasteiger partial charge on any atom is 0.265 e. The quantitative estimate of drug-likeness (QED) is 0.820. The van der Waals surface area contributed by atoms with Crippen molar-refractivity contribution in [1.29, 1.82) is 0 Å². The third-order valence-corrected chi connectivity index (χ3v) is 3.03. The van der Waals surface area contributed by atoms with Gasteiger partial charge in [-0.3, -0.25) is 0 Å². The third kappa shape index (κ3) is 4.35. The lowest BCUT2D eigenvalue weighted by molar-refractivity contribution is -0.00439. The Morgan fingerprint density at radius 3 is 2.00 bits per heavy atom. The molecule has 0 spiro atoms. The first-order chi connectivity index (χ1) is 8.41. The molecule has 0 bridgehead atoms. The zero-order chi connectivity index (χ0) is 13.7. The molecule has 0 saturated heterocycles. The number of aliphatic hydroxyl groups excluding tert-OH is 1. The van der Waals surface area contributed by atoms with E-state index in [1.165, 1.54) is 5.56 Å². The molecular formula is C14H21F2NO. The minimum atomic E-state index is -2.70. The van der Waals surface area contributed by atoms with Crippen LogP contribution in [0.15, 0.2) is 24.3 Å². The summed E-state index contributed by atoms with van der Waals surface area (Å²) in [4.78, 5) is 0. The van der Waals surface area contributed by atoms with Crippen LogP contribution >= 0.6 is 0 Å². The Morgan fingerprint density at radius 1 is 1.06 bits per heavy atom. The van der Waals surface area contributed by atoms with E-state index in [0.29, 0.717) is 5.92 Å². The summed E-state index contributed by atoms with van der Waals surface area (Å²) in [5, 5.41) is 11.9. The van der Waals surface area contributed by atoms with Gasteiger partial charge in [-0.1, -0.05) is 38.1 Å². The lowest BCUT2D eigenvalue weighted by Gasteiger charge is -2.17. The number of aliphatic hydroxyl groups is 1. The summed E-state index contributed by atoms with van der Waals surface area (Å²) in [5.74, 6) is 0.475. The summed E-state index contributed by atoms with van der Waals surface area (Å²) in [6.07, 6.45) is -4.31. The molecule has 18 heavy (non-hydrogen) atoms. The Kier molecular flexibility index (Phi) is 5.69. The van der Waals surface area contributed by atoms with Crippen molar-refractivity contribution in [2.24, 2.45) is 0 Å². The SMILES string of the molecule is CC(C)c1ccc(C(C)NCC(O)C(F)F)cc1. The van der Waals surface area contributed by atoms with Gasteiger partial charge in [0, 0.05) is 12.6 Å². The van der Waals surface area contributed by atoms with Gasteiger partial charge in [-0.15, -0.1) is 0 Å². The highest BCUT2D eigenvalue weighted by Gasteiger charge is 2.17. The Balaban J connectivity index is 2.54. The van der Waals surface area contributed by atoms with E-state index in [0.717, 1.165) is 5.56 Å². The minimum absolute atomic E-state index is 0.0559. The van der Waals surface area contributed by atoms with Gasteiger partial charge < -0.3 is 10.4 Å². The van der Waals surface area contributed by atoms with Crippen molar-refractivity contribution in [1.82, 2.24) is 5.32 Å². The standard InChI is InChI=1S/C14H21F2NO/c1-9(2)11-4-6-12(7-5-11)10(3)17-8-13(18)14(15)16/h4-7,9-10,13-14,17-18H,8H2,1-3H3. The van der Waals surface area contributed by atoms with Crippen LogP contribution in [0.1, 0.15) is 43.9 Å². The van der Waals surface area contributed by atoms with Crippen molar-refractivity contribution in [3.63, 3.8) is 0 Å². The first-order valence-corrected chi connectivity index (χ1v) is 6.21. The average Bonchev–Trinajstić information content (AvgIpc) is 2.35. The van der Waals surface area contributed by atoms with E-state index >= 15 is 0 Å². The summed E-state index contributed by atoms with van der Waals surface area (Å²) < 4.78 is 24.3. The molecule has 0 radical (unpaired) electrons. The molecule has 2 atom stereocenters. The largest absolute Gasteiger partial charge is 0.386 e. The van der Waals surface area contributed by atoms with Gasteiger partial charge in [0.2, 0.25) is 0 Å². The summed E-state index contributed by atoms with van der Waals surface area (Å²) >= 11 is 0. The highest BCUT2D eigenvalue weighted by atomic mass is 19.3. The number of benzene rings is 1. The Labute approximate surface area is 107 Å². The van der Waals surface area contributed by atoms with E-state index in [4.69, 9.17) is 5.11 Å². The number of halogens is 2. The summed E-state index contributed by atoms with van der Waals surface area (Å²) in [5.41, 5.74) is 2.28. The molecule has 1 rings (SSSR count). The first kappa shape index (κ1) is 15.1. The van der Waals surface area contributed by atoms with Crippen molar-refractivity contribution in [2.75, 3.05) is 6.54 Å². The zero-order valence-corrected chi connectivity index (χ0v) is 11.0. The van der Waals surface area contributed by atoms with Crippen molar-refractivity contribution < 1.29 is 13.9 Å². The molecule has 2 N–H and O–H groups in total. The van der Waals surface area contributed by atoms with Gasteiger partial charge in [0.15, 0.2) is 0 Å². The van der Waals surface area contributed by atoms with Crippen LogP contribution in [0.5, 0.6) is 0 Å². The van der Waals surface area contributed by atoms with Gasteiger partial charge in [-0.25, -0.2) is 8.78 Å². The second-order valence-electron chi connectivity index (χ2n) is 4.85. The first-order valence-electron chi connectivity index (χ1n) is 6.21. The molecule has 4 heteroatoms. The molecule has 1 aromatic rings. The lowest BCUT2D eigenvalue weighted by Crippen LogP contribution is -2.33. The van der Waals surface area contributed by atoms with E-state index in [-0.39, 0.29) is 12.6 Å². The number of alkyl halides is 2. The minimum Gasteiger partial charge on any atom is -0.386 e. The van der Waals surface area contributed by atoms with Gasteiger partial charge in [-0.05, 0) is 24.0 Å². The molecule has 0 aromatic heterocycles. The molecule has 102 valence electrons. The topological polar surface area (TPSA) is 32.3 Å². The molecule has 0 saturated carbocycles. The molecule has 1 aromatic carbocycles. The van der Waals surface area contributed by atoms with E-state index in [9.17, 15) is 8.78 Å². The van der Waals surface area contributed by atoms with Crippen LogP contribution in [0.4, 0.5) is 8.78 Å². The van der Waals surface area contributed by atoms with Crippen molar-refractivity contribution >= 4 is 0 Å². The average molecular weight is 257 g/mol. The van der Waals surface area contributed by atoms with Crippen LogP contribution in [-0.2, 0) is 0 Å². The van der Waals surface area contributed by atoms with E-state index in [1.807, 2.05) is 31.2 Å². The van der Waals surface area contributed by atoms with Crippen LogP contribution in [0.25, 0.3) is 0 Å². The molecule has 0 heterocycles. The Morgan fingerprint density at radius 2 is 1.56 bits per heavy atom. The molecule has 0 fully saturated rings. The van der Waals surface area contributed by atoms with Gasteiger partial charge in [0.05, 0.1) is 0 Å². The summed E-state index contributed by atoms with van der Waals surface area (Å²) in [7, 11) is 0. The molecule has 0 aliphatic rings. The smallest absolute Gasteiger partial charge is 0.265 e. The molecule has 2 unspecified atom stereocenters. The summed E-state index contributed by atoms with van der Waals surface area (Å²) in [6, 6.07) is 8.01. The maximum absolute atomic E-state index is 12.1. The second-order valence-corrected chi connectivity index (χ2v) is 4.85. The van der Waals surface area contributed by atoms with Gasteiger partial charge in [0.25, 0.3) is 6.43 Å². The molecule has 0 aliphatic carbocycles. The molecular weight excluding hydrogens is 236 g/mol. The lowest BCUT2D eigenvalue weighted by atomic mass is 9.99. The van der Waals surface area contributed by atoms with Crippen LogP contribution in [0.2, 0.25) is 0 Å². The van der Waals surface area contributed by atoms with Crippen molar-refractivity contribution in [3.05, 3.63) is 35.4 Å². The fourth-order valence-corrected chi connectivity index (χ4v) is 1.67. The van der Waals surface area contributed by atoms with Crippen molar-refractivity contribution in [2.45, 2.75) is 45.3 Å². The number of hydrogen-bond donors (Lipinski definition) is 2. The van der Waals surface area contributed by atoms with Gasteiger partial charge in [0.1, 0.15) is 6.10 Å². The normalized spacial score (nSPS) is 15.1. The number of rotatable bonds is 6. The van der Waals surface area contributed by atoms with E-state index < -0.39 is 12.5 Å². The third-order valence-electron chi connectivity index (χ3n) is 3.03. The maximum atomic E-state index is 12.1. The number of nitrogens with one attached hydrogen (secondary N) is 1. The monoisotopic (exact) mass is 257 g/mol. The Hall–Kier alpha value is -1.00. The highest BCUT2D eigenvalue weighted by Crippen LogP contribution is 2.18. The predicted octanol–water partition coefficient (Wildman–Crippen LogP) is 3.09. The molecule has 0 amide bonds. The van der Waals surface area contributed by atoms with Gasteiger partial charge >= 0.3 is 0 Å². The highest BCUT2D eigenvalue weighted by molar-refractivity contribution is 5.26. The number of hydrogen-bond acceptors (Lipinski definition) is 2. The molecule has 2 nitrogen and oxygen atoms in total. The fraction of sp³-hybridized carbons (Fsp3) is 0.571. The van der Waals surface area contributed by atoms with Gasteiger partial charge in [-0.2, -0.15) is 0 Å². The van der Waals surface area contributed by atoms with Crippen LogP contribution in [0.3, 0.4) is 0 Å². The Bertz CT molecular complexity index is 351. The van der Waals surface area contributed by atoms with Crippen LogP contribution in [-0.4, -0.2) is 24.2 Å². The van der Waals surface area contributed by atoms with Crippen molar-refractivity contribution in [3.8, 4) is 0 Å². The second kappa shape index (κ2) is 6.81. The van der Waals surface area contributed by atoms with E-state index in [2.05, 4.69) is 19.2 Å².